The maximum Gasteiger partial charge on any atom is 0.321 e. The molecule has 1 aliphatic rings. The number of hydrogen-bond acceptors (Lipinski definition) is 2. The van der Waals surface area contributed by atoms with Gasteiger partial charge in [0.15, 0.2) is 0 Å². The lowest BCUT2D eigenvalue weighted by molar-refractivity contribution is 0.198. The lowest BCUT2D eigenvalue weighted by atomic mass is 10.2. The van der Waals surface area contributed by atoms with Gasteiger partial charge in [-0.05, 0) is 18.3 Å². The van der Waals surface area contributed by atoms with E-state index in [-0.39, 0.29) is 6.03 Å². The lowest BCUT2D eigenvalue weighted by Gasteiger charge is -2.35. The van der Waals surface area contributed by atoms with Crippen LogP contribution >= 0.6 is 0 Å². The molecule has 0 radical (unpaired) electrons. The first-order chi connectivity index (χ1) is 8.31. The van der Waals surface area contributed by atoms with Crippen molar-refractivity contribution in [2.24, 2.45) is 0 Å². The number of hydrogen-bond donors (Lipinski definition) is 1. The van der Waals surface area contributed by atoms with Gasteiger partial charge in [-0.15, -0.1) is 0 Å². The Morgan fingerprint density at radius 2 is 1.82 bits per heavy atom. The molecule has 1 N–H and O–H groups in total. The third-order valence-corrected chi connectivity index (χ3v) is 2.91. The van der Waals surface area contributed by atoms with Crippen LogP contribution in [-0.2, 0) is 0 Å². The zero-order valence-corrected chi connectivity index (χ0v) is 9.80. The molecule has 1 saturated heterocycles. The molecule has 0 saturated carbocycles. The zero-order valence-electron chi connectivity index (χ0n) is 9.80. The monoisotopic (exact) mass is 231 g/mol. The van der Waals surface area contributed by atoms with Crippen LogP contribution in [0.1, 0.15) is 0 Å². The molecule has 4 nitrogen and oxygen atoms in total. The number of amides is 2. The number of piperazine rings is 1. The quantitative estimate of drug-likeness (QED) is 0.840. The average Bonchev–Trinajstić information content (AvgIpc) is 2.40. The lowest BCUT2D eigenvalue weighted by Crippen LogP contribution is -2.51. The van der Waals surface area contributed by atoms with E-state index in [0.29, 0.717) is 0 Å². The Morgan fingerprint density at radius 1 is 1.18 bits per heavy atom. The predicted octanol–water partition coefficient (Wildman–Crippen LogP) is 1.66. The summed E-state index contributed by atoms with van der Waals surface area (Å²) in [6, 6.07) is 10.2. The van der Waals surface area contributed by atoms with E-state index in [1.165, 1.54) is 11.9 Å². The Hall–Kier alpha value is -1.97. The van der Waals surface area contributed by atoms with Crippen molar-refractivity contribution in [3.05, 3.63) is 43.1 Å². The second-order valence-corrected chi connectivity index (χ2v) is 3.96. The summed E-state index contributed by atoms with van der Waals surface area (Å²) >= 11 is 0. The predicted molar refractivity (Wildman–Crippen MR) is 69.0 cm³/mol. The molecule has 4 heteroatoms. The Kier molecular flexibility index (Phi) is 3.65. The molecular formula is C13H17N3O. The van der Waals surface area contributed by atoms with E-state index < -0.39 is 0 Å². The van der Waals surface area contributed by atoms with E-state index in [9.17, 15) is 4.79 Å². The highest BCUT2D eigenvalue weighted by molar-refractivity contribution is 5.75. The van der Waals surface area contributed by atoms with Gasteiger partial charge >= 0.3 is 6.03 Å². The SMILES string of the molecule is C=CNC(=O)N1CCN(c2ccccc2)CC1. The van der Waals surface area contributed by atoms with Gasteiger partial charge in [0.2, 0.25) is 0 Å². The summed E-state index contributed by atoms with van der Waals surface area (Å²) in [5, 5.41) is 2.60. The second-order valence-electron chi connectivity index (χ2n) is 3.96. The highest BCUT2D eigenvalue weighted by atomic mass is 16.2. The normalized spacial score (nSPS) is 15.5. The molecule has 1 aliphatic heterocycles. The van der Waals surface area contributed by atoms with Crippen LogP contribution in [0.2, 0.25) is 0 Å². The van der Waals surface area contributed by atoms with Crippen molar-refractivity contribution in [1.82, 2.24) is 10.2 Å². The molecule has 17 heavy (non-hydrogen) atoms. The van der Waals surface area contributed by atoms with E-state index in [1.807, 2.05) is 18.2 Å². The number of anilines is 1. The molecule has 0 atom stereocenters. The molecule has 1 aromatic carbocycles. The topological polar surface area (TPSA) is 35.6 Å². The van der Waals surface area contributed by atoms with Crippen molar-refractivity contribution in [3.63, 3.8) is 0 Å². The van der Waals surface area contributed by atoms with Gasteiger partial charge < -0.3 is 15.1 Å². The van der Waals surface area contributed by atoms with Crippen molar-refractivity contribution in [2.45, 2.75) is 0 Å². The van der Waals surface area contributed by atoms with E-state index in [1.54, 1.807) is 4.90 Å². The molecule has 0 aliphatic carbocycles. The van der Waals surface area contributed by atoms with Crippen LogP contribution in [0.5, 0.6) is 0 Å². The van der Waals surface area contributed by atoms with Crippen molar-refractivity contribution >= 4 is 11.7 Å². The number of nitrogens with zero attached hydrogens (tertiary/aromatic N) is 2. The molecule has 0 spiro atoms. The van der Waals surface area contributed by atoms with Gasteiger partial charge in [0.05, 0.1) is 0 Å². The molecule has 1 aromatic rings. The van der Waals surface area contributed by atoms with E-state index in [2.05, 4.69) is 28.9 Å². The molecule has 0 aromatic heterocycles. The van der Waals surface area contributed by atoms with Gasteiger partial charge in [0.1, 0.15) is 0 Å². The van der Waals surface area contributed by atoms with Crippen molar-refractivity contribution in [2.75, 3.05) is 31.1 Å². The van der Waals surface area contributed by atoms with Gasteiger partial charge in [-0.25, -0.2) is 4.79 Å². The summed E-state index contributed by atoms with van der Waals surface area (Å²) in [6.45, 7) is 6.72. The molecule has 1 heterocycles. The highest BCUT2D eigenvalue weighted by Gasteiger charge is 2.20. The highest BCUT2D eigenvalue weighted by Crippen LogP contribution is 2.15. The number of benzene rings is 1. The van der Waals surface area contributed by atoms with Crippen molar-refractivity contribution < 1.29 is 4.79 Å². The molecule has 90 valence electrons. The first kappa shape index (κ1) is 11.5. The molecule has 2 rings (SSSR count). The van der Waals surface area contributed by atoms with Gasteiger partial charge in [-0.3, -0.25) is 0 Å². The van der Waals surface area contributed by atoms with Crippen LogP contribution in [0.25, 0.3) is 0 Å². The van der Waals surface area contributed by atoms with Gasteiger partial charge in [0, 0.05) is 31.9 Å². The van der Waals surface area contributed by atoms with Crippen LogP contribution in [-0.4, -0.2) is 37.1 Å². The molecule has 0 bridgehead atoms. The van der Waals surface area contributed by atoms with Crippen LogP contribution in [0.15, 0.2) is 43.1 Å². The van der Waals surface area contributed by atoms with Crippen LogP contribution < -0.4 is 10.2 Å². The van der Waals surface area contributed by atoms with E-state index in [0.717, 1.165) is 26.2 Å². The second kappa shape index (κ2) is 5.39. The minimum absolute atomic E-state index is 0.0623. The molecule has 0 unspecified atom stereocenters. The first-order valence-corrected chi connectivity index (χ1v) is 5.77. The van der Waals surface area contributed by atoms with Crippen molar-refractivity contribution in [1.29, 1.82) is 0 Å². The average molecular weight is 231 g/mol. The molecular weight excluding hydrogens is 214 g/mol. The third-order valence-electron chi connectivity index (χ3n) is 2.91. The summed E-state index contributed by atoms with van der Waals surface area (Å²) in [6.07, 6.45) is 1.42. The first-order valence-electron chi connectivity index (χ1n) is 5.77. The Bertz CT molecular complexity index is 383. The number of urea groups is 1. The van der Waals surface area contributed by atoms with Gasteiger partial charge in [-0.2, -0.15) is 0 Å². The standard InChI is InChI=1S/C13H17N3O/c1-2-14-13(17)16-10-8-15(9-11-16)12-6-4-3-5-7-12/h2-7H,1,8-11H2,(H,14,17). The van der Waals surface area contributed by atoms with Crippen LogP contribution in [0.4, 0.5) is 10.5 Å². The third kappa shape index (κ3) is 2.78. The minimum atomic E-state index is -0.0623. The smallest absolute Gasteiger partial charge is 0.321 e. The molecule has 2 amide bonds. The Morgan fingerprint density at radius 3 is 2.41 bits per heavy atom. The van der Waals surface area contributed by atoms with Crippen LogP contribution in [0.3, 0.4) is 0 Å². The number of rotatable bonds is 2. The van der Waals surface area contributed by atoms with Gasteiger partial charge in [0.25, 0.3) is 0 Å². The summed E-state index contributed by atoms with van der Waals surface area (Å²) in [5.41, 5.74) is 1.22. The minimum Gasteiger partial charge on any atom is -0.368 e. The summed E-state index contributed by atoms with van der Waals surface area (Å²) in [5.74, 6) is 0. The Balaban J connectivity index is 1.90. The summed E-state index contributed by atoms with van der Waals surface area (Å²) in [4.78, 5) is 15.7. The van der Waals surface area contributed by atoms with Crippen molar-refractivity contribution in [3.8, 4) is 0 Å². The van der Waals surface area contributed by atoms with E-state index >= 15 is 0 Å². The number of carbonyl (C=O) groups is 1. The fraction of sp³-hybridized carbons (Fsp3) is 0.308. The fourth-order valence-electron chi connectivity index (χ4n) is 1.99. The zero-order chi connectivity index (χ0) is 12.1. The number of para-hydroxylation sites is 1. The largest absolute Gasteiger partial charge is 0.368 e. The summed E-state index contributed by atoms with van der Waals surface area (Å²) < 4.78 is 0. The fourth-order valence-corrected chi connectivity index (χ4v) is 1.99. The van der Waals surface area contributed by atoms with E-state index in [4.69, 9.17) is 0 Å². The summed E-state index contributed by atoms with van der Waals surface area (Å²) in [7, 11) is 0. The maximum absolute atomic E-state index is 11.6. The Labute approximate surface area is 102 Å². The molecule has 1 fully saturated rings. The van der Waals surface area contributed by atoms with Gasteiger partial charge in [-0.1, -0.05) is 24.8 Å². The number of carbonyl (C=O) groups excluding carboxylic acids is 1. The number of nitrogens with one attached hydrogen (secondary N) is 1. The maximum atomic E-state index is 11.6. The van der Waals surface area contributed by atoms with Crippen LogP contribution in [0, 0.1) is 0 Å².